The average molecular weight is 623 g/mol. The highest BCUT2D eigenvalue weighted by Gasteiger charge is 2.26. The SMILES string of the molecule is CC(=O)OCc1ccc(NC(=O)C(CCCNC=O)NC(=O)CNC(=O)C(CNCC(=O)O)NC(=O)C(C)CC(=O)O)cc1. The zero-order chi connectivity index (χ0) is 33.1. The number of hydrogen-bond donors (Lipinski definition) is 8. The molecule has 1 aromatic rings. The van der Waals surface area contributed by atoms with Crippen molar-refractivity contribution in [3.05, 3.63) is 29.8 Å². The Kier molecular flexibility index (Phi) is 16.8. The van der Waals surface area contributed by atoms with Gasteiger partial charge in [-0.1, -0.05) is 19.1 Å². The van der Waals surface area contributed by atoms with Crippen molar-refractivity contribution >= 4 is 53.6 Å². The fourth-order valence-electron chi connectivity index (χ4n) is 3.57. The first-order valence-electron chi connectivity index (χ1n) is 13.5. The molecule has 0 spiro atoms. The third kappa shape index (κ3) is 15.8. The van der Waals surface area contributed by atoms with Crippen LogP contribution in [0.3, 0.4) is 0 Å². The lowest BCUT2D eigenvalue weighted by molar-refractivity contribution is -0.142. The molecule has 44 heavy (non-hydrogen) atoms. The molecule has 17 heteroatoms. The molecule has 3 unspecified atom stereocenters. The number of benzene rings is 1. The van der Waals surface area contributed by atoms with Gasteiger partial charge in [-0.3, -0.25) is 38.4 Å². The lowest BCUT2D eigenvalue weighted by atomic mass is 10.1. The first-order chi connectivity index (χ1) is 20.8. The number of carboxylic acids is 2. The van der Waals surface area contributed by atoms with E-state index in [4.69, 9.17) is 14.9 Å². The van der Waals surface area contributed by atoms with Crippen molar-refractivity contribution in [2.24, 2.45) is 5.92 Å². The van der Waals surface area contributed by atoms with Gasteiger partial charge in [-0.25, -0.2) is 0 Å². The van der Waals surface area contributed by atoms with E-state index in [2.05, 4.69) is 31.9 Å². The number of carbonyl (C=O) groups is 8. The summed E-state index contributed by atoms with van der Waals surface area (Å²) in [5, 5.41) is 32.5. The van der Waals surface area contributed by atoms with Crippen LogP contribution in [0.25, 0.3) is 0 Å². The number of rotatable bonds is 21. The molecule has 0 fully saturated rings. The second-order valence-corrected chi connectivity index (χ2v) is 9.60. The van der Waals surface area contributed by atoms with Crippen LogP contribution in [0.4, 0.5) is 5.69 Å². The zero-order valence-electron chi connectivity index (χ0n) is 24.3. The highest BCUT2D eigenvalue weighted by atomic mass is 16.5. The molecule has 0 bridgehead atoms. The number of carboxylic acid groups (broad SMARTS) is 2. The smallest absolute Gasteiger partial charge is 0.317 e. The predicted octanol–water partition coefficient (Wildman–Crippen LogP) is -1.91. The third-order valence-corrected chi connectivity index (χ3v) is 5.82. The molecule has 5 amide bonds. The number of nitrogens with one attached hydrogen (secondary N) is 6. The second-order valence-electron chi connectivity index (χ2n) is 9.60. The number of hydrogen-bond acceptors (Lipinski definition) is 10. The zero-order valence-corrected chi connectivity index (χ0v) is 24.3. The summed E-state index contributed by atoms with van der Waals surface area (Å²) in [4.78, 5) is 94.1. The molecule has 1 aromatic carbocycles. The lowest BCUT2D eigenvalue weighted by Crippen LogP contribution is -2.55. The van der Waals surface area contributed by atoms with Gasteiger partial charge in [0.05, 0.1) is 19.5 Å². The Bertz CT molecular complexity index is 1180. The van der Waals surface area contributed by atoms with Crippen LogP contribution in [0, 0.1) is 5.92 Å². The van der Waals surface area contributed by atoms with Crippen molar-refractivity contribution in [1.29, 1.82) is 0 Å². The molecule has 0 radical (unpaired) electrons. The summed E-state index contributed by atoms with van der Waals surface area (Å²) in [5.41, 5.74) is 1.08. The van der Waals surface area contributed by atoms with E-state index >= 15 is 0 Å². The summed E-state index contributed by atoms with van der Waals surface area (Å²) in [6, 6.07) is 4.01. The van der Waals surface area contributed by atoms with E-state index < -0.39 is 79.0 Å². The molecule has 0 aliphatic carbocycles. The first-order valence-corrected chi connectivity index (χ1v) is 13.5. The van der Waals surface area contributed by atoms with Gasteiger partial charge in [0.1, 0.15) is 18.7 Å². The number of anilines is 1. The van der Waals surface area contributed by atoms with Crippen molar-refractivity contribution in [1.82, 2.24) is 26.6 Å². The van der Waals surface area contributed by atoms with E-state index in [1.165, 1.54) is 13.8 Å². The van der Waals surface area contributed by atoms with Gasteiger partial charge in [-0.05, 0) is 30.5 Å². The van der Waals surface area contributed by atoms with Gasteiger partial charge in [0.2, 0.25) is 30.0 Å². The van der Waals surface area contributed by atoms with Gasteiger partial charge >= 0.3 is 17.9 Å². The molecule has 8 N–H and O–H groups in total. The van der Waals surface area contributed by atoms with E-state index in [9.17, 15) is 38.4 Å². The van der Waals surface area contributed by atoms with Crippen LogP contribution in [0.2, 0.25) is 0 Å². The monoisotopic (exact) mass is 622 g/mol. The van der Waals surface area contributed by atoms with Gasteiger partial charge in [-0.15, -0.1) is 0 Å². The normalized spacial score (nSPS) is 12.4. The van der Waals surface area contributed by atoms with Gasteiger partial charge in [0.15, 0.2) is 0 Å². The largest absolute Gasteiger partial charge is 0.481 e. The van der Waals surface area contributed by atoms with Crippen LogP contribution in [0.1, 0.15) is 38.7 Å². The number of carbonyl (C=O) groups excluding carboxylic acids is 6. The van der Waals surface area contributed by atoms with Crippen LogP contribution < -0.4 is 31.9 Å². The maximum absolute atomic E-state index is 13.0. The number of aliphatic carboxylic acids is 2. The van der Waals surface area contributed by atoms with E-state index in [0.717, 1.165) is 0 Å². The van der Waals surface area contributed by atoms with Crippen molar-refractivity contribution in [2.45, 2.75) is 51.8 Å². The summed E-state index contributed by atoms with van der Waals surface area (Å²) in [6.07, 6.45) is 0.428. The molecule has 0 heterocycles. The summed E-state index contributed by atoms with van der Waals surface area (Å²) in [6.45, 7) is 1.42. The molecule has 3 atom stereocenters. The maximum atomic E-state index is 13.0. The van der Waals surface area contributed by atoms with Crippen LogP contribution >= 0.6 is 0 Å². The number of esters is 1. The Balaban J connectivity index is 2.85. The van der Waals surface area contributed by atoms with Crippen molar-refractivity contribution in [2.75, 3.05) is 31.5 Å². The number of ether oxygens (including phenoxy) is 1. The Morgan fingerprint density at radius 3 is 2.16 bits per heavy atom. The van der Waals surface area contributed by atoms with Crippen LogP contribution in [-0.4, -0.2) is 96.4 Å². The van der Waals surface area contributed by atoms with E-state index in [1.807, 2.05) is 0 Å². The fourth-order valence-corrected chi connectivity index (χ4v) is 3.57. The Hall–Kier alpha value is -5.06. The molecule has 242 valence electrons. The summed E-state index contributed by atoms with van der Waals surface area (Å²) >= 11 is 0. The van der Waals surface area contributed by atoms with E-state index in [1.54, 1.807) is 24.3 Å². The van der Waals surface area contributed by atoms with Gasteiger partial charge in [0.25, 0.3) is 0 Å². The van der Waals surface area contributed by atoms with Crippen LogP contribution in [-0.2, 0) is 49.7 Å². The topological polar surface area (TPSA) is 258 Å². The molecule has 1 rings (SSSR count). The lowest BCUT2D eigenvalue weighted by Gasteiger charge is -2.21. The van der Waals surface area contributed by atoms with E-state index in [0.29, 0.717) is 24.1 Å². The van der Waals surface area contributed by atoms with Gasteiger partial charge in [-0.2, -0.15) is 0 Å². The first kappa shape index (κ1) is 37.0. The molecular weight excluding hydrogens is 584 g/mol. The minimum Gasteiger partial charge on any atom is -0.481 e. The molecular formula is C27H38N6O11. The summed E-state index contributed by atoms with van der Waals surface area (Å²) in [7, 11) is 0. The highest BCUT2D eigenvalue weighted by Crippen LogP contribution is 2.12. The quantitative estimate of drug-likeness (QED) is 0.0424. The number of amides is 5. The minimum absolute atomic E-state index is 0.0548. The van der Waals surface area contributed by atoms with E-state index in [-0.39, 0.29) is 26.1 Å². The van der Waals surface area contributed by atoms with Crippen molar-refractivity contribution in [3.8, 4) is 0 Å². The predicted molar refractivity (Wildman–Crippen MR) is 153 cm³/mol. The second kappa shape index (κ2) is 20.0. The molecule has 0 aliphatic rings. The highest BCUT2D eigenvalue weighted by molar-refractivity contribution is 5.98. The molecule has 0 saturated carbocycles. The standard InChI is InChI=1S/C27H38N6O11/c1-16(10-23(37)38)25(41)33-21(11-29-13-24(39)40)26(42)30-12-22(36)32-20(4-3-9-28-15-34)27(43)31-19-7-5-18(6-8-19)14-44-17(2)35/h5-8,15-16,20-21,29H,3-4,9-14H2,1-2H3,(H,28,34)(H,30,42)(H,31,43)(H,32,36)(H,33,41)(H,37,38)(H,39,40). The van der Waals surface area contributed by atoms with Crippen LogP contribution in [0.15, 0.2) is 24.3 Å². The van der Waals surface area contributed by atoms with Gasteiger partial charge in [0, 0.05) is 31.6 Å². The molecule has 0 saturated heterocycles. The maximum Gasteiger partial charge on any atom is 0.317 e. The third-order valence-electron chi connectivity index (χ3n) is 5.82. The molecule has 0 aromatic heterocycles. The summed E-state index contributed by atoms with van der Waals surface area (Å²) < 4.78 is 4.92. The Labute approximate surface area is 252 Å². The van der Waals surface area contributed by atoms with Gasteiger partial charge < -0.3 is 46.9 Å². The molecule has 17 nitrogen and oxygen atoms in total. The van der Waals surface area contributed by atoms with Crippen molar-refractivity contribution < 1.29 is 53.3 Å². The summed E-state index contributed by atoms with van der Waals surface area (Å²) in [5.74, 6) is -6.87. The Morgan fingerprint density at radius 2 is 1.57 bits per heavy atom. The fraction of sp³-hybridized carbons (Fsp3) is 0.481. The molecule has 0 aliphatic heterocycles. The average Bonchev–Trinajstić information content (AvgIpc) is 2.95. The van der Waals surface area contributed by atoms with Crippen molar-refractivity contribution in [3.63, 3.8) is 0 Å². The van der Waals surface area contributed by atoms with Crippen LogP contribution in [0.5, 0.6) is 0 Å². The minimum atomic E-state index is -1.34. The Morgan fingerprint density at radius 1 is 0.886 bits per heavy atom.